The molecule has 1 aromatic carbocycles. The molecule has 2 bridgehead atoms. The molecule has 3 amide bonds. The number of likely N-dealkylation sites (tertiary alicyclic amines) is 1. The number of fused-ring (bicyclic) bond motifs is 1. The number of hydrogen-bond acceptors (Lipinski definition) is 5. The lowest BCUT2D eigenvalue weighted by molar-refractivity contribution is -0.151. The number of aliphatic hydroxyl groups is 1. The number of carbonyl (C=O) groups is 3. The van der Waals surface area contributed by atoms with E-state index >= 15 is 0 Å². The lowest BCUT2D eigenvalue weighted by Crippen LogP contribution is -2.57. The molecular weight excluding hydrogens is 506 g/mol. The van der Waals surface area contributed by atoms with E-state index in [2.05, 4.69) is 13.2 Å². The molecule has 0 saturated carbocycles. The van der Waals surface area contributed by atoms with E-state index in [1.807, 2.05) is 13.8 Å². The number of rotatable bonds is 12. The number of hydrogen-bond donors (Lipinski definition) is 1. The van der Waals surface area contributed by atoms with Gasteiger partial charge in [-0.25, -0.2) is 0 Å². The van der Waals surface area contributed by atoms with Gasteiger partial charge in [0.25, 0.3) is 5.91 Å². The number of anilines is 1. The standard InChI is InChI=1S/C29H38ClN3O5/c1-5-15-31(16-6-2)25(35)22-23-26(36)33(18-19-34)24(29(23)14-13-28(22,8-4)38-29)27(37)32(17-7-3)21-12-10-9-11-20(21)30/h5,7,9-12,22-24,34H,1,3,6,8,13-19H2,2,4H3/t22-,23+,24?,28+,29?/m1/s1. The van der Waals surface area contributed by atoms with Crippen LogP contribution in [0.15, 0.2) is 49.6 Å². The third-order valence-corrected chi connectivity index (χ3v) is 8.72. The highest BCUT2D eigenvalue weighted by Crippen LogP contribution is 2.64. The Morgan fingerprint density at radius 3 is 2.50 bits per heavy atom. The largest absolute Gasteiger partial charge is 0.395 e. The molecule has 9 heteroatoms. The van der Waals surface area contributed by atoms with Gasteiger partial charge in [-0.2, -0.15) is 0 Å². The third kappa shape index (κ3) is 4.27. The van der Waals surface area contributed by atoms with Gasteiger partial charge in [0.1, 0.15) is 11.6 Å². The Balaban J connectivity index is 1.82. The number of ether oxygens (including phenoxy) is 1. The van der Waals surface area contributed by atoms with Crippen molar-refractivity contribution >= 4 is 35.0 Å². The Bertz CT molecular complexity index is 1110. The van der Waals surface area contributed by atoms with Crippen LogP contribution in [-0.4, -0.2) is 82.7 Å². The monoisotopic (exact) mass is 543 g/mol. The number of halogens is 1. The highest BCUT2D eigenvalue weighted by Gasteiger charge is 2.79. The van der Waals surface area contributed by atoms with Crippen LogP contribution in [0.3, 0.4) is 0 Å². The van der Waals surface area contributed by atoms with Gasteiger partial charge >= 0.3 is 0 Å². The first kappa shape index (κ1) is 28.3. The van der Waals surface area contributed by atoms with E-state index in [1.165, 1.54) is 9.80 Å². The first-order valence-electron chi connectivity index (χ1n) is 13.4. The van der Waals surface area contributed by atoms with Crippen molar-refractivity contribution in [1.29, 1.82) is 0 Å². The van der Waals surface area contributed by atoms with Crippen molar-refractivity contribution in [2.24, 2.45) is 11.8 Å². The highest BCUT2D eigenvalue weighted by molar-refractivity contribution is 6.34. The van der Waals surface area contributed by atoms with Crippen molar-refractivity contribution in [3.63, 3.8) is 0 Å². The van der Waals surface area contributed by atoms with Crippen LogP contribution in [0.25, 0.3) is 0 Å². The molecule has 1 spiro atoms. The molecule has 206 valence electrons. The van der Waals surface area contributed by atoms with E-state index in [0.29, 0.717) is 43.1 Å². The summed E-state index contributed by atoms with van der Waals surface area (Å²) in [6.07, 6.45) is 5.65. The quantitative estimate of drug-likeness (QED) is 0.408. The SMILES string of the molecule is C=CCN(CCC)C(=O)[C@H]1[C@H]2C(=O)N(CCO)C(C(=O)N(CC=C)c3ccccc3Cl)C23CC[C@]1(CC)O3. The summed E-state index contributed by atoms with van der Waals surface area (Å²) in [7, 11) is 0. The second kappa shape index (κ2) is 11.2. The summed E-state index contributed by atoms with van der Waals surface area (Å²) in [6, 6.07) is 6.01. The third-order valence-electron chi connectivity index (χ3n) is 8.40. The number of benzene rings is 1. The number of carbonyl (C=O) groups excluding carboxylic acids is 3. The number of amides is 3. The van der Waals surface area contributed by atoms with Gasteiger partial charge in [-0.1, -0.05) is 49.7 Å². The summed E-state index contributed by atoms with van der Waals surface area (Å²) in [5.41, 5.74) is -1.50. The molecule has 3 heterocycles. The van der Waals surface area contributed by atoms with Crippen LogP contribution >= 0.6 is 11.6 Å². The maximum Gasteiger partial charge on any atom is 0.253 e. The summed E-state index contributed by atoms with van der Waals surface area (Å²) in [5, 5.41) is 10.3. The first-order chi connectivity index (χ1) is 18.3. The Morgan fingerprint density at radius 1 is 1.18 bits per heavy atom. The van der Waals surface area contributed by atoms with E-state index < -0.39 is 29.1 Å². The van der Waals surface area contributed by atoms with E-state index in [-0.39, 0.29) is 37.4 Å². The second-order valence-electron chi connectivity index (χ2n) is 10.4. The summed E-state index contributed by atoms with van der Waals surface area (Å²) in [5.74, 6) is -2.35. The number of para-hydroxylation sites is 1. The van der Waals surface area contributed by atoms with Crippen LogP contribution < -0.4 is 4.90 Å². The van der Waals surface area contributed by atoms with Gasteiger partial charge in [-0.05, 0) is 37.8 Å². The average molecular weight is 544 g/mol. The van der Waals surface area contributed by atoms with Crippen LogP contribution in [0.2, 0.25) is 5.02 Å². The van der Waals surface area contributed by atoms with Gasteiger partial charge < -0.3 is 24.5 Å². The Kier molecular flexibility index (Phi) is 8.35. The summed E-state index contributed by atoms with van der Waals surface area (Å²) < 4.78 is 6.81. The van der Waals surface area contributed by atoms with E-state index in [4.69, 9.17) is 16.3 Å². The maximum atomic E-state index is 14.4. The van der Waals surface area contributed by atoms with Gasteiger partial charge in [0.2, 0.25) is 11.8 Å². The van der Waals surface area contributed by atoms with Crippen LogP contribution in [0, 0.1) is 11.8 Å². The Hall–Kier alpha value is -2.68. The fourth-order valence-electron chi connectivity index (χ4n) is 6.89. The minimum atomic E-state index is -1.17. The zero-order chi connectivity index (χ0) is 27.7. The molecule has 3 fully saturated rings. The van der Waals surface area contributed by atoms with Gasteiger partial charge in [-0.15, -0.1) is 13.2 Å². The molecule has 2 unspecified atom stereocenters. The lowest BCUT2D eigenvalue weighted by atomic mass is 9.64. The van der Waals surface area contributed by atoms with Crippen molar-refractivity contribution in [2.45, 2.75) is 56.8 Å². The van der Waals surface area contributed by atoms with Gasteiger partial charge in [0.05, 0.1) is 34.8 Å². The second-order valence-corrected chi connectivity index (χ2v) is 10.8. The predicted octanol–water partition coefficient (Wildman–Crippen LogP) is 3.43. The van der Waals surface area contributed by atoms with Gasteiger partial charge in [0.15, 0.2) is 0 Å². The van der Waals surface area contributed by atoms with Crippen molar-refractivity contribution in [3.8, 4) is 0 Å². The van der Waals surface area contributed by atoms with Crippen molar-refractivity contribution < 1.29 is 24.2 Å². The molecule has 0 aromatic heterocycles. The Labute approximate surface area is 229 Å². The van der Waals surface area contributed by atoms with E-state index in [0.717, 1.165) is 6.42 Å². The zero-order valence-electron chi connectivity index (χ0n) is 22.3. The molecule has 0 aliphatic carbocycles. The van der Waals surface area contributed by atoms with Crippen LogP contribution in [0.5, 0.6) is 0 Å². The minimum Gasteiger partial charge on any atom is -0.395 e. The summed E-state index contributed by atoms with van der Waals surface area (Å²) >= 11 is 6.49. The molecule has 0 radical (unpaired) electrons. The van der Waals surface area contributed by atoms with Crippen LogP contribution in [-0.2, 0) is 19.1 Å². The van der Waals surface area contributed by atoms with Crippen molar-refractivity contribution in [2.75, 3.05) is 37.7 Å². The molecule has 5 atom stereocenters. The average Bonchev–Trinajstić information content (AvgIpc) is 3.51. The van der Waals surface area contributed by atoms with Crippen LogP contribution in [0.4, 0.5) is 5.69 Å². The van der Waals surface area contributed by atoms with Gasteiger partial charge in [0, 0.05) is 26.2 Å². The van der Waals surface area contributed by atoms with E-state index in [9.17, 15) is 19.5 Å². The van der Waals surface area contributed by atoms with Crippen molar-refractivity contribution in [1.82, 2.24) is 9.80 Å². The van der Waals surface area contributed by atoms with Gasteiger partial charge in [-0.3, -0.25) is 14.4 Å². The minimum absolute atomic E-state index is 0.0351. The fourth-order valence-corrected chi connectivity index (χ4v) is 7.13. The smallest absolute Gasteiger partial charge is 0.253 e. The molecule has 38 heavy (non-hydrogen) atoms. The lowest BCUT2D eigenvalue weighted by Gasteiger charge is -2.37. The predicted molar refractivity (Wildman–Crippen MR) is 147 cm³/mol. The number of nitrogens with zero attached hydrogens (tertiary/aromatic N) is 3. The normalized spacial score (nSPS) is 29.3. The topological polar surface area (TPSA) is 90.4 Å². The molecule has 8 nitrogen and oxygen atoms in total. The molecular formula is C29H38ClN3O5. The Morgan fingerprint density at radius 2 is 1.89 bits per heavy atom. The maximum absolute atomic E-state index is 14.4. The molecule has 3 aliphatic heterocycles. The fraction of sp³-hybridized carbons (Fsp3) is 0.552. The first-order valence-corrected chi connectivity index (χ1v) is 13.8. The molecule has 1 aromatic rings. The highest BCUT2D eigenvalue weighted by atomic mass is 35.5. The molecule has 3 saturated heterocycles. The van der Waals surface area contributed by atoms with Crippen LogP contribution in [0.1, 0.15) is 39.5 Å². The zero-order valence-corrected chi connectivity index (χ0v) is 23.0. The van der Waals surface area contributed by atoms with Crippen molar-refractivity contribution in [3.05, 3.63) is 54.6 Å². The number of β-amino-alcohol motifs (C(OH)–C–C–N with tert-alkyl or cyclic N) is 1. The van der Waals surface area contributed by atoms with E-state index in [1.54, 1.807) is 41.3 Å². The summed E-state index contributed by atoms with van der Waals surface area (Å²) in [4.78, 5) is 47.2. The molecule has 3 aliphatic rings. The molecule has 4 rings (SSSR count). The molecule has 1 N–H and O–H groups in total. The summed E-state index contributed by atoms with van der Waals surface area (Å²) in [6.45, 7) is 12.3. The number of aliphatic hydroxyl groups excluding tert-OH is 1.